The van der Waals surface area contributed by atoms with Gasteiger partial charge in [0, 0.05) is 5.56 Å². The fraction of sp³-hybridized carbons (Fsp3) is 0.308. The summed E-state index contributed by atoms with van der Waals surface area (Å²) in [7, 11) is 0. The van der Waals surface area contributed by atoms with Gasteiger partial charge in [0.1, 0.15) is 0 Å². The van der Waals surface area contributed by atoms with Crippen LogP contribution in [0.1, 0.15) is 54.0 Å². The van der Waals surface area contributed by atoms with Gasteiger partial charge in [-0.05, 0) is 29.8 Å². The summed E-state index contributed by atoms with van der Waals surface area (Å²) in [5.41, 5.74) is 4.74. The van der Waals surface area contributed by atoms with E-state index in [-0.39, 0.29) is 5.71 Å². The summed E-state index contributed by atoms with van der Waals surface area (Å²) < 4.78 is 5.11. The Hall–Kier alpha value is -3.14. The monoisotopic (exact) mass is 408 g/mol. The molecule has 0 heterocycles. The van der Waals surface area contributed by atoms with Gasteiger partial charge in [-0.25, -0.2) is 4.79 Å². The van der Waals surface area contributed by atoms with E-state index in [2.05, 4.69) is 16.6 Å². The second-order valence-corrected chi connectivity index (χ2v) is 5.22. The molecule has 0 radical (unpaired) electrons. The summed E-state index contributed by atoms with van der Waals surface area (Å²) >= 11 is 0. The lowest BCUT2D eigenvalue weighted by Gasteiger charge is -2.08. The number of hydrogen-bond acceptors (Lipinski definition) is 4. The van der Waals surface area contributed by atoms with E-state index in [9.17, 15) is 4.79 Å². The van der Waals surface area contributed by atoms with E-state index >= 15 is 0 Å². The zero-order chi connectivity index (χ0) is 22.8. The van der Waals surface area contributed by atoms with Crippen LogP contribution in [0.25, 0.3) is 10.8 Å². The number of fused-ring (bicyclic) bond motifs is 1. The summed E-state index contributed by atoms with van der Waals surface area (Å²) in [4.78, 5) is 12.2. The number of esters is 1. The predicted octanol–water partition coefficient (Wildman–Crippen LogP) is 7.30. The van der Waals surface area contributed by atoms with Crippen LogP contribution in [0.2, 0.25) is 0 Å². The number of carbonyl (C=O) groups is 1. The minimum absolute atomic E-state index is 0.255. The molecule has 0 unspecified atom stereocenters. The molecule has 162 valence electrons. The molecule has 0 aliphatic heterocycles. The van der Waals surface area contributed by atoms with Crippen LogP contribution < -0.4 is 5.43 Å². The topological polar surface area (TPSA) is 50.7 Å². The van der Waals surface area contributed by atoms with Crippen molar-refractivity contribution in [3.63, 3.8) is 0 Å². The number of ether oxygens (including phenoxy) is 1. The van der Waals surface area contributed by atoms with Crippen molar-refractivity contribution in [2.24, 2.45) is 5.10 Å². The van der Waals surface area contributed by atoms with Crippen LogP contribution in [0.4, 0.5) is 5.69 Å². The predicted molar refractivity (Wildman–Crippen MR) is 131 cm³/mol. The molecule has 4 nitrogen and oxygen atoms in total. The lowest BCUT2D eigenvalue weighted by atomic mass is 10.1. The quantitative estimate of drug-likeness (QED) is 0.274. The van der Waals surface area contributed by atoms with Crippen molar-refractivity contribution in [3.8, 4) is 0 Å². The highest BCUT2D eigenvalue weighted by molar-refractivity contribution is 6.43. The van der Waals surface area contributed by atoms with Gasteiger partial charge in [-0.15, -0.1) is 0 Å². The molecule has 0 aliphatic rings. The van der Waals surface area contributed by atoms with Crippen molar-refractivity contribution in [3.05, 3.63) is 78.4 Å². The molecule has 3 rings (SSSR count). The van der Waals surface area contributed by atoms with Crippen LogP contribution in [-0.4, -0.2) is 18.3 Å². The molecule has 0 atom stereocenters. The minimum atomic E-state index is -0.447. The van der Waals surface area contributed by atoms with E-state index in [1.54, 1.807) is 6.92 Å². The molecular weight excluding hydrogens is 372 g/mol. The van der Waals surface area contributed by atoms with Crippen molar-refractivity contribution in [2.45, 2.75) is 48.5 Å². The van der Waals surface area contributed by atoms with Gasteiger partial charge < -0.3 is 4.74 Å². The van der Waals surface area contributed by atoms with Crippen LogP contribution in [0.3, 0.4) is 0 Å². The van der Waals surface area contributed by atoms with E-state index in [1.165, 1.54) is 0 Å². The normalized spacial score (nSPS) is 9.63. The first kappa shape index (κ1) is 26.9. The Balaban J connectivity index is 0.00000129. The molecular formula is C26H36N2O2. The highest BCUT2D eigenvalue weighted by Gasteiger charge is 2.15. The number of benzene rings is 3. The van der Waals surface area contributed by atoms with Gasteiger partial charge in [0.05, 0.1) is 12.3 Å². The third-order valence-electron chi connectivity index (χ3n) is 3.56. The van der Waals surface area contributed by atoms with Crippen LogP contribution >= 0.6 is 0 Å². The molecule has 0 aliphatic carbocycles. The fourth-order valence-electron chi connectivity index (χ4n) is 2.40. The first-order chi connectivity index (χ1) is 14.8. The van der Waals surface area contributed by atoms with E-state index in [4.69, 9.17) is 4.74 Å². The number of hydrazone groups is 1. The van der Waals surface area contributed by atoms with Gasteiger partial charge in [0.25, 0.3) is 0 Å². The number of carbonyl (C=O) groups excluding carboxylic acids is 1. The smallest absolute Gasteiger partial charge is 0.359 e. The number of hydrogen-bond donors (Lipinski definition) is 1. The standard InChI is InChI=1S/C20H18N2O2.3C2H6/c1-2-24-20(23)19(16-9-4-3-5-10-16)22-21-18-13-12-15-8-6-7-11-17(15)14-18;3*1-2/h3-14,21H,2H2,1H3;3*1-2H3/b22-19-;;;. The average molecular weight is 409 g/mol. The molecule has 3 aromatic rings. The van der Waals surface area contributed by atoms with Crippen LogP contribution in [0, 0.1) is 0 Å². The van der Waals surface area contributed by atoms with Crippen molar-refractivity contribution in [1.82, 2.24) is 0 Å². The zero-order valence-electron chi connectivity index (χ0n) is 19.4. The van der Waals surface area contributed by atoms with Gasteiger partial charge in [0.15, 0.2) is 5.71 Å². The Morgan fingerprint density at radius 2 is 1.37 bits per heavy atom. The molecule has 0 saturated carbocycles. The second-order valence-electron chi connectivity index (χ2n) is 5.22. The maximum Gasteiger partial charge on any atom is 0.359 e. The number of rotatable bonds is 5. The zero-order valence-corrected chi connectivity index (χ0v) is 19.4. The molecule has 0 spiro atoms. The van der Waals surface area contributed by atoms with Crippen molar-refractivity contribution in [1.29, 1.82) is 0 Å². The number of nitrogens with zero attached hydrogens (tertiary/aromatic N) is 1. The van der Waals surface area contributed by atoms with Gasteiger partial charge in [-0.3, -0.25) is 5.43 Å². The molecule has 0 bridgehead atoms. The van der Waals surface area contributed by atoms with Crippen LogP contribution in [0.15, 0.2) is 77.9 Å². The Bertz CT molecular complexity index is 874. The molecule has 30 heavy (non-hydrogen) atoms. The van der Waals surface area contributed by atoms with E-state index in [0.717, 1.165) is 16.5 Å². The third kappa shape index (κ3) is 8.48. The van der Waals surface area contributed by atoms with E-state index in [0.29, 0.717) is 12.2 Å². The average Bonchev–Trinajstić information content (AvgIpc) is 2.84. The molecule has 3 aromatic carbocycles. The fourth-order valence-corrected chi connectivity index (χ4v) is 2.40. The summed E-state index contributed by atoms with van der Waals surface area (Å²) in [5.74, 6) is -0.447. The molecule has 1 N–H and O–H groups in total. The third-order valence-corrected chi connectivity index (χ3v) is 3.56. The highest BCUT2D eigenvalue weighted by Crippen LogP contribution is 2.19. The van der Waals surface area contributed by atoms with Crippen molar-refractivity contribution < 1.29 is 9.53 Å². The maximum atomic E-state index is 12.2. The molecule has 4 heteroatoms. The van der Waals surface area contributed by atoms with Gasteiger partial charge in [0.2, 0.25) is 0 Å². The van der Waals surface area contributed by atoms with Crippen molar-refractivity contribution in [2.75, 3.05) is 12.0 Å². The Kier molecular flexibility index (Phi) is 15.0. The molecule has 0 fully saturated rings. The Labute approximate surface area is 182 Å². The van der Waals surface area contributed by atoms with Gasteiger partial charge in [-0.2, -0.15) is 5.10 Å². The van der Waals surface area contributed by atoms with E-state index < -0.39 is 5.97 Å². The summed E-state index contributed by atoms with van der Waals surface area (Å²) in [6.45, 7) is 14.1. The van der Waals surface area contributed by atoms with Crippen molar-refractivity contribution >= 4 is 28.1 Å². The molecule has 0 saturated heterocycles. The first-order valence-corrected chi connectivity index (χ1v) is 10.8. The molecule has 0 aromatic heterocycles. The summed E-state index contributed by atoms with van der Waals surface area (Å²) in [6, 6.07) is 23.3. The van der Waals surface area contributed by atoms with Gasteiger partial charge >= 0.3 is 5.97 Å². The van der Waals surface area contributed by atoms with Crippen LogP contribution in [-0.2, 0) is 9.53 Å². The lowest BCUT2D eigenvalue weighted by molar-refractivity contribution is -0.134. The summed E-state index contributed by atoms with van der Waals surface area (Å²) in [6.07, 6.45) is 0. The minimum Gasteiger partial charge on any atom is -0.461 e. The van der Waals surface area contributed by atoms with Crippen LogP contribution in [0.5, 0.6) is 0 Å². The second kappa shape index (κ2) is 16.8. The van der Waals surface area contributed by atoms with E-state index in [1.807, 2.05) is 108 Å². The number of anilines is 1. The Morgan fingerprint density at radius 3 is 1.97 bits per heavy atom. The Morgan fingerprint density at radius 1 is 0.800 bits per heavy atom. The highest BCUT2D eigenvalue weighted by atomic mass is 16.5. The van der Waals surface area contributed by atoms with Gasteiger partial charge in [-0.1, -0.05) is 102 Å². The number of nitrogens with one attached hydrogen (secondary N) is 1. The first-order valence-electron chi connectivity index (χ1n) is 10.8. The summed E-state index contributed by atoms with van der Waals surface area (Å²) in [5, 5.41) is 6.54. The SMILES string of the molecule is CC.CC.CC.CCOC(=O)/C(=N\Nc1ccc2ccccc2c1)c1ccccc1. The largest absolute Gasteiger partial charge is 0.461 e. The lowest BCUT2D eigenvalue weighted by Crippen LogP contribution is -2.20. The molecule has 0 amide bonds. The maximum absolute atomic E-state index is 12.2.